The number of amides is 1. The molecule has 9 heteroatoms. The third kappa shape index (κ3) is 6.88. The number of aromatic nitrogens is 2. The molecular formula is C35H31Cl2N3O4. The lowest BCUT2D eigenvalue weighted by Gasteiger charge is -2.36. The van der Waals surface area contributed by atoms with Gasteiger partial charge in [-0.3, -0.25) is 4.79 Å². The standard InChI is InChI=1S/C35H31Cl2N3O4/c36-32-33(37)40(22-39-32)20-29-18-31(25-12-10-23(21-41)11-13-25)44-35(43-29)27-16-14-24(15-17-27)30-9-5-4-8-28(30)19-38-34(42)26-6-2-1-3-7-26/h1-17,22,29,31,35,41H,18-21H2,(H,38,42)/t29-,31+,35+/m1/s1. The Morgan fingerprint density at radius 2 is 1.59 bits per heavy atom. The van der Waals surface area contributed by atoms with Crippen molar-refractivity contribution in [2.45, 2.75) is 44.6 Å². The van der Waals surface area contributed by atoms with Crippen LogP contribution >= 0.6 is 23.2 Å². The van der Waals surface area contributed by atoms with E-state index in [0.717, 1.165) is 33.4 Å². The number of imidazole rings is 1. The minimum absolute atomic E-state index is 0.0189. The average molecular weight is 629 g/mol. The molecule has 44 heavy (non-hydrogen) atoms. The Labute approximate surface area is 266 Å². The lowest BCUT2D eigenvalue weighted by Crippen LogP contribution is -2.32. The number of carbonyl (C=O) groups excluding carboxylic acids is 1. The Morgan fingerprint density at radius 1 is 0.886 bits per heavy atom. The van der Waals surface area contributed by atoms with Crippen LogP contribution in [0, 0.1) is 0 Å². The van der Waals surface area contributed by atoms with Gasteiger partial charge >= 0.3 is 0 Å². The summed E-state index contributed by atoms with van der Waals surface area (Å²) in [5.74, 6) is -0.114. The summed E-state index contributed by atoms with van der Waals surface area (Å²) in [5.41, 5.74) is 6.40. The van der Waals surface area contributed by atoms with E-state index in [1.165, 1.54) is 0 Å². The highest BCUT2D eigenvalue weighted by Crippen LogP contribution is 2.39. The van der Waals surface area contributed by atoms with E-state index in [0.29, 0.717) is 30.2 Å². The highest BCUT2D eigenvalue weighted by Gasteiger charge is 2.33. The molecule has 2 N–H and O–H groups in total. The van der Waals surface area contributed by atoms with Crippen molar-refractivity contribution in [3.8, 4) is 11.1 Å². The van der Waals surface area contributed by atoms with Crippen molar-refractivity contribution in [1.82, 2.24) is 14.9 Å². The second-order valence-corrected chi connectivity index (χ2v) is 11.4. The number of ether oxygens (including phenoxy) is 2. The van der Waals surface area contributed by atoms with Crippen molar-refractivity contribution in [2.75, 3.05) is 0 Å². The summed E-state index contributed by atoms with van der Waals surface area (Å²) in [6.07, 6.45) is 1.12. The van der Waals surface area contributed by atoms with E-state index in [-0.39, 0.29) is 29.9 Å². The molecule has 4 aromatic carbocycles. The van der Waals surface area contributed by atoms with E-state index >= 15 is 0 Å². The van der Waals surface area contributed by atoms with Gasteiger partial charge in [0.2, 0.25) is 0 Å². The van der Waals surface area contributed by atoms with E-state index in [4.69, 9.17) is 32.7 Å². The minimum Gasteiger partial charge on any atom is -0.392 e. The first-order chi connectivity index (χ1) is 21.5. The maximum absolute atomic E-state index is 12.6. The highest BCUT2D eigenvalue weighted by molar-refractivity contribution is 6.40. The number of hydrogen-bond donors (Lipinski definition) is 2. The molecule has 5 aromatic rings. The molecule has 7 nitrogen and oxygen atoms in total. The third-order valence-corrected chi connectivity index (χ3v) is 8.50. The molecule has 0 aliphatic carbocycles. The van der Waals surface area contributed by atoms with Gasteiger partial charge in [-0.15, -0.1) is 0 Å². The molecule has 2 heterocycles. The fourth-order valence-electron chi connectivity index (χ4n) is 5.37. The molecular weight excluding hydrogens is 597 g/mol. The summed E-state index contributed by atoms with van der Waals surface area (Å²) in [6.45, 7) is 0.846. The summed E-state index contributed by atoms with van der Waals surface area (Å²) in [6, 6.07) is 33.1. The van der Waals surface area contributed by atoms with Crippen LogP contribution in [-0.2, 0) is 29.2 Å². The number of carbonyl (C=O) groups is 1. The maximum atomic E-state index is 12.6. The van der Waals surface area contributed by atoms with E-state index in [1.54, 1.807) is 23.0 Å². The molecule has 0 radical (unpaired) electrons. The van der Waals surface area contributed by atoms with E-state index in [9.17, 15) is 9.90 Å². The van der Waals surface area contributed by atoms with Gasteiger partial charge in [-0.2, -0.15) is 0 Å². The molecule has 1 aliphatic heterocycles. The fourth-order valence-corrected chi connectivity index (χ4v) is 5.68. The number of rotatable bonds is 9. The van der Waals surface area contributed by atoms with Crippen molar-refractivity contribution in [3.63, 3.8) is 0 Å². The normalized spacial score (nSPS) is 18.2. The molecule has 224 valence electrons. The quantitative estimate of drug-likeness (QED) is 0.176. The number of aliphatic hydroxyl groups is 1. The van der Waals surface area contributed by atoms with Crippen molar-refractivity contribution in [2.24, 2.45) is 0 Å². The Bertz CT molecular complexity index is 1710. The Balaban J connectivity index is 1.21. The number of aliphatic hydroxyl groups excluding tert-OH is 1. The van der Waals surface area contributed by atoms with Gasteiger partial charge < -0.3 is 24.5 Å². The first-order valence-electron chi connectivity index (χ1n) is 14.4. The first kappa shape index (κ1) is 30.1. The number of benzene rings is 4. The summed E-state index contributed by atoms with van der Waals surface area (Å²) in [7, 11) is 0. The fraction of sp³-hybridized carbons (Fsp3) is 0.200. The van der Waals surface area contributed by atoms with Crippen molar-refractivity contribution in [1.29, 1.82) is 0 Å². The van der Waals surface area contributed by atoms with Gasteiger partial charge in [-0.1, -0.05) is 114 Å². The van der Waals surface area contributed by atoms with Crippen LogP contribution in [0.2, 0.25) is 10.3 Å². The zero-order chi connectivity index (χ0) is 30.5. The average Bonchev–Trinajstić information content (AvgIpc) is 3.39. The molecule has 0 bridgehead atoms. The van der Waals surface area contributed by atoms with Crippen LogP contribution in [0.1, 0.15) is 51.4 Å². The lowest BCUT2D eigenvalue weighted by molar-refractivity contribution is -0.252. The van der Waals surface area contributed by atoms with Gasteiger partial charge in [0.15, 0.2) is 11.4 Å². The van der Waals surface area contributed by atoms with E-state index in [2.05, 4.69) is 16.4 Å². The summed E-state index contributed by atoms with van der Waals surface area (Å²) >= 11 is 12.5. The first-order valence-corrected chi connectivity index (χ1v) is 15.1. The second-order valence-electron chi connectivity index (χ2n) is 10.7. The minimum atomic E-state index is -0.622. The van der Waals surface area contributed by atoms with Crippen molar-refractivity contribution in [3.05, 3.63) is 148 Å². The van der Waals surface area contributed by atoms with E-state index < -0.39 is 6.29 Å². The zero-order valence-corrected chi connectivity index (χ0v) is 25.3. The van der Waals surface area contributed by atoms with Crippen molar-refractivity contribution >= 4 is 29.1 Å². The highest BCUT2D eigenvalue weighted by atomic mass is 35.5. The van der Waals surface area contributed by atoms with Gasteiger partial charge in [0.05, 0.1) is 31.7 Å². The number of hydrogen-bond acceptors (Lipinski definition) is 5. The zero-order valence-electron chi connectivity index (χ0n) is 23.8. The van der Waals surface area contributed by atoms with Gasteiger partial charge in [-0.05, 0) is 39.9 Å². The topological polar surface area (TPSA) is 85.6 Å². The molecule has 1 fully saturated rings. The smallest absolute Gasteiger partial charge is 0.251 e. The van der Waals surface area contributed by atoms with Crippen LogP contribution in [-0.4, -0.2) is 26.7 Å². The third-order valence-electron chi connectivity index (χ3n) is 7.73. The Kier molecular flexibility index (Phi) is 9.40. The summed E-state index contributed by atoms with van der Waals surface area (Å²) in [5, 5.41) is 13.1. The summed E-state index contributed by atoms with van der Waals surface area (Å²) < 4.78 is 14.7. The number of nitrogens with zero attached hydrogens (tertiary/aromatic N) is 2. The molecule has 0 saturated carbocycles. The monoisotopic (exact) mass is 627 g/mol. The molecule has 3 atom stereocenters. The van der Waals surface area contributed by atoms with Gasteiger partial charge in [0.1, 0.15) is 5.15 Å². The molecule has 6 rings (SSSR count). The molecule has 1 amide bonds. The summed E-state index contributed by atoms with van der Waals surface area (Å²) in [4.78, 5) is 16.7. The SMILES string of the molecule is O=C(NCc1ccccc1-c1ccc([C@H]2O[C@@H](Cn3cnc(Cl)c3Cl)C[C@@H](c3ccc(CO)cc3)O2)cc1)c1ccccc1. The molecule has 1 aromatic heterocycles. The maximum Gasteiger partial charge on any atom is 0.251 e. The second kappa shape index (κ2) is 13.8. The van der Waals surface area contributed by atoms with Crippen LogP contribution in [0.3, 0.4) is 0 Å². The number of halogens is 2. The molecule has 0 unspecified atom stereocenters. The van der Waals surface area contributed by atoms with E-state index in [1.807, 2.05) is 84.9 Å². The molecule has 1 saturated heterocycles. The largest absolute Gasteiger partial charge is 0.392 e. The van der Waals surface area contributed by atoms with Crippen molar-refractivity contribution < 1.29 is 19.4 Å². The van der Waals surface area contributed by atoms with Gasteiger partial charge in [-0.25, -0.2) is 4.98 Å². The molecule has 0 spiro atoms. The Morgan fingerprint density at radius 3 is 2.30 bits per heavy atom. The van der Waals surface area contributed by atoms with Gasteiger partial charge in [0, 0.05) is 24.1 Å². The van der Waals surface area contributed by atoms with Crippen LogP contribution in [0.4, 0.5) is 0 Å². The molecule has 1 aliphatic rings. The van der Waals surface area contributed by atoms with Crippen LogP contribution in [0.25, 0.3) is 11.1 Å². The predicted octanol–water partition coefficient (Wildman–Crippen LogP) is 7.52. The van der Waals surface area contributed by atoms with Crippen LogP contribution in [0.5, 0.6) is 0 Å². The van der Waals surface area contributed by atoms with Gasteiger partial charge in [0.25, 0.3) is 5.91 Å². The lowest BCUT2D eigenvalue weighted by atomic mass is 9.97. The number of nitrogens with one attached hydrogen (secondary N) is 1. The predicted molar refractivity (Wildman–Crippen MR) is 170 cm³/mol. The Hall–Kier alpha value is -3.98. The van der Waals surface area contributed by atoms with Crippen LogP contribution < -0.4 is 5.32 Å². The van der Waals surface area contributed by atoms with Crippen LogP contribution in [0.15, 0.2) is 109 Å².